The number of amides is 1. The molecule has 0 fully saturated rings. The van der Waals surface area contributed by atoms with E-state index in [0.717, 1.165) is 29.8 Å². The Balaban J connectivity index is 2.71. The summed E-state index contributed by atoms with van der Waals surface area (Å²) >= 11 is 0. The molecule has 3 nitrogen and oxygen atoms in total. The van der Waals surface area contributed by atoms with Crippen molar-refractivity contribution in [3.05, 3.63) is 23.8 Å². The van der Waals surface area contributed by atoms with Crippen molar-refractivity contribution in [2.45, 2.75) is 33.1 Å². The predicted molar refractivity (Wildman–Crippen MR) is 63.8 cm³/mol. The van der Waals surface area contributed by atoms with Gasteiger partial charge in [-0.1, -0.05) is 19.9 Å². The summed E-state index contributed by atoms with van der Waals surface area (Å²) in [5.74, 6) is 0.0427. The van der Waals surface area contributed by atoms with Gasteiger partial charge >= 0.3 is 0 Å². The molecule has 0 bridgehead atoms. The van der Waals surface area contributed by atoms with E-state index in [1.807, 2.05) is 25.1 Å². The summed E-state index contributed by atoms with van der Waals surface area (Å²) in [6.45, 7) is 4.04. The van der Waals surface area contributed by atoms with Gasteiger partial charge in [-0.05, 0) is 30.5 Å². The van der Waals surface area contributed by atoms with Crippen molar-refractivity contribution >= 4 is 17.3 Å². The van der Waals surface area contributed by atoms with Crippen LogP contribution in [0, 0.1) is 0 Å². The summed E-state index contributed by atoms with van der Waals surface area (Å²) in [6.07, 6.45) is 2.32. The minimum atomic E-state index is 0.0427. The van der Waals surface area contributed by atoms with Gasteiger partial charge in [-0.25, -0.2) is 0 Å². The van der Waals surface area contributed by atoms with Crippen LogP contribution >= 0.6 is 0 Å². The van der Waals surface area contributed by atoms with Crippen LogP contribution in [-0.4, -0.2) is 5.91 Å². The van der Waals surface area contributed by atoms with Gasteiger partial charge in [0, 0.05) is 17.8 Å². The second-order valence-electron chi connectivity index (χ2n) is 3.57. The Hall–Kier alpha value is -1.51. The zero-order valence-electron chi connectivity index (χ0n) is 9.34. The maximum Gasteiger partial charge on any atom is 0.224 e. The summed E-state index contributed by atoms with van der Waals surface area (Å²) in [7, 11) is 0. The largest absolute Gasteiger partial charge is 0.398 e. The van der Waals surface area contributed by atoms with Crippen molar-refractivity contribution in [1.29, 1.82) is 0 Å². The highest BCUT2D eigenvalue weighted by Gasteiger charge is 2.02. The smallest absolute Gasteiger partial charge is 0.224 e. The molecule has 82 valence electrons. The molecule has 0 aliphatic rings. The standard InChI is InChI=1S/C12H18N2O/c1-3-5-12(15)14-10-7-6-9(4-2)11(13)8-10/h6-8H,3-5,13H2,1-2H3,(H,14,15). The molecule has 0 aromatic heterocycles. The molecule has 0 spiro atoms. The molecular formula is C12H18N2O. The topological polar surface area (TPSA) is 55.1 Å². The Morgan fingerprint density at radius 3 is 2.67 bits per heavy atom. The van der Waals surface area contributed by atoms with Gasteiger partial charge in [0.1, 0.15) is 0 Å². The Labute approximate surface area is 90.7 Å². The van der Waals surface area contributed by atoms with Gasteiger partial charge in [-0.15, -0.1) is 0 Å². The van der Waals surface area contributed by atoms with Crippen molar-refractivity contribution in [3.63, 3.8) is 0 Å². The number of nitrogens with one attached hydrogen (secondary N) is 1. The van der Waals surface area contributed by atoms with E-state index in [-0.39, 0.29) is 5.91 Å². The monoisotopic (exact) mass is 206 g/mol. The van der Waals surface area contributed by atoms with Crippen molar-refractivity contribution in [3.8, 4) is 0 Å². The van der Waals surface area contributed by atoms with Crippen molar-refractivity contribution < 1.29 is 4.79 Å². The van der Waals surface area contributed by atoms with Crippen LogP contribution in [0.25, 0.3) is 0 Å². The zero-order chi connectivity index (χ0) is 11.3. The molecule has 1 amide bonds. The number of nitrogens with two attached hydrogens (primary N) is 1. The number of hydrogen-bond acceptors (Lipinski definition) is 2. The first-order valence-electron chi connectivity index (χ1n) is 5.35. The van der Waals surface area contributed by atoms with Crippen molar-refractivity contribution in [2.24, 2.45) is 0 Å². The fourth-order valence-electron chi connectivity index (χ4n) is 1.45. The van der Waals surface area contributed by atoms with E-state index in [4.69, 9.17) is 5.73 Å². The van der Waals surface area contributed by atoms with Gasteiger partial charge in [0.25, 0.3) is 0 Å². The lowest BCUT2D eigenvalue weighted by Gasteiger charge is -2.07. The van der Waals surface area contributed by atoms with Crippen LogP contribution in [0.2, 0.25) is 0 Å². The molecule has 0 aliphatic heterocycles. The van der Waals surface area contributed by atoms with Crippen LogP contribution in [-0.2, 0) is 11.2 Å². The van der Waals surface area contributed by atoms with E-state index in [0.29, 0.717) is 6.42 Å². The van der Waals surface area contributed by atoms with E-state index in [9.17, 15) is 4.79 Å². The molecule has 1 aromatic carbocycles. The number of carbonyl (C=O) groups excluding carboxylic acids is 1. The molecule has 0 saturated carbocycles. The van der Waals surface area contributed by atoms with Crippen LogP contribution in [0.4, 0.5) is 11.4 Å². The highest BCUT2D eigenvalue weighted by molar-refractivity contribution is 5.91. The molecular weight excluding hydrogens is 188 g/mol. The molecule has 1 aromatic rings. The molecule has 3 heteroatoms. The van der Waals surface area contributed by atoms with Crippen LogP contribution in [0.15, 0.2) is 18.2 Å². The number of nitrogen functional groups attached to an aromatic ring is 1. The average molecular weight is 206 g/mol. The molecule has 15 heavy (non-hydrogen) atoms. The molecule has 0 unspecified atom stereocenters. The first kappa shape index (κ1) is 11.6. The molecule has 0 radical (unpaired) electrons. The Morgan fingerprint density at radius 2 is 2.13 bits per heavy atom. The number of rotatable bonds is 4. The van der Waals surface area contributed by atoms with Crippen LogP contribution < -0.4 is 11.1 Å². The number of benzene rings is 1. The number of aryl methyl sites for hydroxylation is 1. The van der Waals surface area contributed by atoms with E-state index in [1.54, 1.807) is 0 Å². The van der Waals surface area contributed by atoms with Gasteiger partial charge in [0.05, 0.1) is 0 Å². The highest BCUT2D eigenvalue weighted by atomic mass is 16.1. The second-order valence-corrected chi connectivity index (χ2v) is 3.57. The van der Waals surface area contributed by atoms with Gasteiger partial charge < -0.3 is 11.1 Å². The van der Waals surface area contributed by atoms with E-state index >= 15 is 0 Å². The van der Waals surface area contributed by atoms with Gasteiger partial charge in [-0.3, -0.25) is 4.79 Å². The molecule has 0 aliphatic carbocycles. The van der Waals surface area contributed by atoms with Crippen molar-refractivity contribution in [2.75, 3.05) is 11.1 Å². The lowest BCUT2D eigenvalue weighted by atomic mass is 10.1. The lowest BCUT2D eigenvalue weighted by Crippen LogP contribution is -2.10. The van der Waals surface area contributed by atoms with Crippen LogP contribution in [0.3, 0.4) is 0 Å². The minimum Gasteiger partial charge on any atom is -0.398 e. The summed E-state index contributed by atoms with van der Waals surface area (Å²) < 4.78 is 0. The second kappa shape index (κ2) is 5.39. The number of carbonyl (C=O) groups is 1. The molecule has 0 atom stereocenters. The maximum atomic E-state index is 11.3. The first-order valence-corrected chi connectivity index (χ1v) is 5.35. The quantitative estimate of drug-likeness (QED) is 0.744. The minimum absolute atomic E-state index is 0.0427. The van der Waals surface area contributed by atoms with E-state index in [1.165, 1.54) is 0 Å². The Bertz CT molecular complexity index is 347. The van der Waals surface area contributed by atoms with E-state index < -0.39 is 0 Å². The molecule has 0 saturated heterocycles. The third-order valence-corrected chi connectivity index (χ3v) is 2.29. The summed E-state index contributed by atoms with van der Waals surface area (Å²) in [5, 5.41) is 2.82. The third kappa shape index (κ3) is 3.27. The Kier molecular flexibility index (Phi) is 4.16. The maximum absolute atomic E-state index is 11.3. The van der Waals surface area contributed by atoms with Crippen LogP contribution in [0.1, 0.15) is 32.3 Å². The Morgan fingerprint density at radius 1 is 1.40 bits per heavy atom. The summed E-state index contributed by atoms with van der Waals surface area (Å²) in [6, 6.07) is 5.66. The van der Waals surface area contributed by atoms with Gasteiger partial charge in [0.2, 0.25) is 5.91 Å². The molecule has 3 N–H and O–H groups in total. The third-order valence-electron chi connectivity index (χ3n) is 2.29. The number of hydrogen-bond donors (Lipinski definition) is 2. The fourth-order valence-corrected chi connectivity index (χ4v) is 1.45. The predicted octanol–water partition coefficient (Wildman–Crippen LogP) is 2.57. The number of anilines is 2. The van der Waals surface area contributed by atoms with Gasteiger partial charge in [-0.2, -0.15) is 0 Å². The average Bonchev–Trinajstić information content (AvgIpc) is 2.18. The van der Waals surface area contributed by atoms with Gasteiger partial charge in [0.15, 0.2) is 0 Å². The first-order chi connectivity index (χ1) is 7.17. The SMILES string of the molecule is CCCC(=O)Nc1ccc(CC)c(N)c1. The molecule has 1 rings (SSSR count). The normalized spacial score (nSPS) is 10.0. The zero-order valence-corrected chi connectivity index (χ0v) is 9.34. The lowest BCUT2D eigenvalue weighted by molar-refractivity contribution is -0.116. The molecule has 0 heterocycles. The summed E-state index contributed by atoms with van der Waals surface area (Å²) in [5.41, 5.74) is 8.47. The highest BCUT2D eigenvalue weighted by Crippen LogP contribution is 2.18. The fraction of sp³-hybridized carbons (Fsp3) is 0.417. The van der Waals surface area contributed by atoms with Crippen LogP contribution in [0.5, 0.6) is 0 Å². The van der Waals surface area contributed by atoms with E-state index in [2.05, 4.69) is 12.2 Å². The van der Waals surface area contributed by atoms with Crippen molar-refractivity contribution in [1.82, 2.24) is 0 Å². The summed E-state index contributed by atoms with van der Waals surface area (Å²) in [4.78, 5) is 11.3.